The van der Waals surface area contributed by atoms with Gasteiger partial charge in [-0.3, -0.25) is 4.99 Å². The number of aryl methyl sites for hydroxylation is 2. The minimum absolute atomic E-state index is 0. The van der Waals surface area contributed by atoms with E-state index in [1.165, 1.54) is 0 Å². The molecule has 1 aromatic heterocycles. The SMILES string of the molecule is CCc1noc(CC)c1CNC(=NC)NCc1ccccc1CS(=O)(=O)NC(C)C.I. The second-order valence-electron chi connectivity index (χ2n) is 7.32. The van der Waals surface area contributed by atoms with Gasteiger partial charge in [0.05, 0.1) is 11.4 Å². The molecule has 0 amide bonds. The van der Waals surface area contributed by atoms with Crippen LogP contribution in [0.4, 0.5) is 0 Å². The number of rotatable bonds is 10. The molecule has 1 heterocycles. The van der Waals surface area contributed by atoms with Gasteiger partial charge in [-0.2, -0.15) is 0 Å². The van der Waals surface area contributed by atoms with Gasteiger partial charge >= 0.3 is 0 Å². The summed E-state index contributed by atoms with van der Waals surface area (Å²) in [5.41, 5.74) is 3.68. The second kappa shape index (κ2) is 13.0. The van der Waals surface area contributed by atoms with Gasteiger partial charge in [-0.15, -0.1) is 24.0 Å². The summed E-state index contributed by atoms with van der Waals surface area (Å²) in [6, 6.07) is 7.37. The summed E-state index contributed by atoms with van der Waals surface area (Å²) in [7, 11) is -1.70. The molecule has 10 heteroatoms. The second-order valence-corrected chi connectivity index (χ2v) is 9.07. The summed E-state index contributed by atoms with van der Waals surface area (Å²) in [4.78, 5) is 4.27. The lowest BCUT2D eigenvalue weighted by molar-refractivity contribution is 0.380. The molecule has 0 aliphatic carbocycles. The van der Waals surface area contributed by atoms with Crippen molar-refractivity contribution in [2.75, 3.05) is 7.05 Å². The minimum atomic E-state index is -3.40. The lowest BCUT2D eigenvalue weighted by Gasteiger charge is -2.15. The van der Waals surface area contributed by atoms with Crippen molar-refractivity contribution in [2.45, 2.75) is 65.4 Å². The molecule has 0 atom stereocenters. The topological polar surface area (TPSA) is 109 Å². The van der Waals surface area contributed by atoms with Crippen molar-refractivity contribution in [2.24, 2.45) is 4.99 Å². The van der Waals surface area contributed by atoms with E-state index < -0.39 is 10.0 Å². The Kier molecular flexibility index (Phi) is 11.5. The van der Waals surface area contributed by atoms with Crippen molar-refractivity contribution < 1.29 is 12.9 Å². The van der Waals surface area contributed by atoms with E-state index in [1.807, 2.05) is 52.0 Å². The molecular weight excluding hydrogens is 529 g/mol. The zero-order valence-electron chi connectivity index (χ0n) is 18.9. The fourth-order valence-corrected chi connectivity index (χ4v) is 4.68. The Morgan fingerprint density at radius 3 is 2.32 bits per heavy atom. The van der Waals surface area contributed by atoms with E-state index in [2.05, 4.69) is 25.5 Å². The first-order chi connectivity index (χ1) is 14.3. The van der Waals surface area contributed by atoms with Crippen LogP contribution >= 0.6 is 24.0 Å². The van der Waals surface area contributed by atoms with Crippen LogP contribution in [0.3, 0.4) is 0 Å². The van der Waals surface area contributed by atoms with Crippen molar-refractivity contribution in [1.29, 1.82) is 0 Å². The first-order valence-corrected chi connectivity index (χ1v) is 11.9. The number of nitrogens with zero attached hydrogens (tertiary/aromatic N) is 2. The Balaban J connectivity index is 0.00000480. The molecule has 2 aromatic rings. The number of halogens is 1. The average Bonchev–Trinajstić information content (AvgIpc) is 3.09. The van der Waals surface area contributed by atoms with Gasteiger partial charge in [0, 0.05) is 38.2 Å². The predicted molar refractivity (Wildman–Crippen MR) is 135 cm³/mol. The van der Waals surface area contributed by atoms with Gasteiger partial charge in [-0.1, -0.05) is 43.3 Å². The van der Waals surface area contributed by atoms with Crippen LogP contribution in [0.5, 0.6) is 0 Å². The van der Waals surface area contributed by atoms with Crippen LogP contribution in [-0.4, -0.2) is 32.6 Å². The molecule has 0 radical (unpaired) electrons. The van der Waals surface area contributed by atoms with Gasteiger partial charge < -0.3 is 15.2 Å². The number of guanidine groups is 1. The molecule has 0 bridgehead atoms. The third-order valence-electron chi connectivity index (χ3n) is 4.59. The molecule has 31 heavy (non-hydrogen) atoms. The average molecular weight is 564 g/mol. The quantitative estimate of drug-likeness (QED) is 0.233. The summed E-state index contributed by atoms with van der Waals surface area (Å²) in [5, 5.41) is 10.7. The number of hydrogen-bond acceptors (Lipinski definition) is 5. The van der Waals surface area contributed by atoms with Crippen molar-refractivity contribution in [3.63, 3.8) is 0 Å². The van der Waals surface area contributed by atoms with E-state index in [-0.39, 0.29) is 35.8 Å². The van der Waals surface area contributed by atoms with Crippen molar-refractivity contribution >= 4 is 40.0 Å². The third kappa shape index (κ3) is 8.41. The van der Waals surface area contributed by atoms with Gasteiger partial charge in [0.1, 0.15) is 5.76 Å². The molecule has 0 fully saturated rings. The van der Waals surface area contributed by atoms with Gasteiger partial charge in [-0.05, 0) is 31.4 Å². The molecule has 3 N–H and O–H groups in total. The van der Waals surface area contributed by atoms with E-state index in [0.29, 0.717) is 19.0 Å². The fourth-order valence-electron chi connectivity index (χ4n) is 3.19. The minimum Gasteiger partial charge on any atom is -0.361 e. The van der Waals surface area contributed by atoms with Crippen LogP contribution in [0.1, 0.15) is 55.8 Å². The molecule has 8 nitrogen and oxygen atoms in total. The van der Waals surface area contributed by atoms with Crippen LogP contribution in [0.15, 0.2) is 33.8 Å². The monoisotopic (exact) mass is 563 g/mol. The Labute approximate surface area is 202 Å². The van der Waals surface area contributed by atoms with E-state index in [1.54, 1.807) is 7.05 Å². The van der Waals surface area contributed by atoms with E-state index >= 15 is 0 Å². The van der Waals surface area contributed by atoms with Crippen molar-refractivity contribution in [1.82, 2.24) is 20.5 Å². The summed E-state index contributed by atoms with van der Waals surface area (Å²) in [5.74, 6) is 1.44. The largest absolute Gasteiger partial charge is 0.361 e. The van der Waals surface area contributed by atoms with E-state index in [9.17, 15) is 8.42 Å². The summed E-state index contributed by atoms with van der Waals surface area (Å²) < 4.78 is 32.7. The standard InChI is InChI=1S/C21H33N5O3S.HI/c1-6-19-18(20(7-2)29-25-19)13-24-21(22-5)23-12-16-10-8-9-11-17(16)14-30(27,28)26-15(3)4;/h8-11,15,26H,6-7,12-14H2,1-5H3,(H2,22,23,24);1H. The van der Waals surface area contributed by atoms with Crippen molar-refractivity contribution in [3.8, 4) is 0 Å². The number of benzene rings is 1. The predicted octanol–water partition coefficient (Wildman–Crippen LogP) is 3.11. The van der Waals surface area contributed by atoms with Crippen molar-refractivity contribution in [3.05, 3.63) is 52.4 Å². The van der Waals surface area contributed by atoms with E-state index in [0.717, 1.165) is 41.0 Å². The Hall–Kier alpha value is -1.66. The molecule has 2 rings (SSSR count). The molecule has 0 aliphatic heterocycles. The molecule has 1 aromatic carbocycles. The maximum atomic E-state index is 12.3. The van der Waals surface area contributed by atoms with Gasteiger partial charge in [-0.25, -0.2) is 13.1 Å². The van der Waals surface area contributed by atoms with Crippen LogP contribution in [0.2, 0.25) is 0 Å². The molecular formula is C21H34IN5O3S. The first kappa shape index (κ1) is 27.4. The zero-order valence-corrected chi connectivity index (χ0v) is 22.0. The molecule has 0 saturated carbocycles. The van der Waals surface area contributed by atoms with Crippen LogP contribution < -0.4 is 15.4 Å². The van der Waals surface area contributed by atoms with Gasteiger partial charge in [0.25, 0.3) is 0 Å². The summed E-state index contributed by atoms with van der Waals surface area (Å²) in [6.45, 7) is 8.72. The molecule has 0 unspecified atom stereocenters. The maximum Gasteiger partial charge on any atom is 0.216 e. The normalized spacial score (nSPS) is 12.0. The smallest absolute Gasteiger partial charge is 0.216 e. The number of hydrogen-bond donors (Lipinski definition) is 3. The van der Waals surface area contributed by atoms with Crippen LogP contribution in [0.25, 0.3) is 0 Å². The van der Waals surface area contributed by atoms with Gasteiger partial charge in [0.2, 0.25) is 10.0 Å². The Morgan fingerprint density at radius 2 is 1.74 bits per heavy atom. The molecule has 0 spiro atoms. The molecule has 0 saturated heterocycles. The Bertz CT molecular complexity index is 936. The maximum absolute atomic E-state index is 12.3. The number of aromatic nitrogens is 1. The number of aliphatic imine (C=N–C) groups is 1. The Morgan fingerprint density at radius 1 is 1.10 bits per heavy atom. The highest BCUT2D eigenvalue weighted by atomic mass is 127. The highest BCUT2D eigenvalue weighted by Gasteiger charge is 2.16. The number of sulfonamides is 1. The molecule has 174 valence electrons. The van der Waals surface area contributed by atoms with Crippen LogP contribution in [0, 0.1) is 0 Å². The summed E-state index contributed by atoms with van der Waals surface area (Å²) >= 11 is 0. The molecule has 0 aliphatic rings. The zero-order chi connectivity index (χ0) is 22.1. The fraction of sp³-hybridized carbons (Fsp3) is 0.524. The number of nitrogens with one attached hydrogen (secondary N) is 3. The van der Waals surface area contributed by atoms with Crippen LogP contribution in [-0.2, 0) is 41.7 Å². The highest BCUT2D eigenvalue weighted by molar-refractivity contribution is 14.0. The third-order valence-corrected chi connectivity index (χ3v) is 6.11. The first-order valence-electron chi connectivity index (χ1n) is 10.3. The lowest BCUT2D eigenvalue weighted by atomic mass is 10.1. The lowest BCUT2D eigenvalue weighted by Crippen LogP contribution is -2.37. The summed E-state index contributed by atoms with van der Waals surface area (Å²) in [6.07, 6.45) is 1.58. The highest BCUT2D eigenvalue weighted by Crippen LogP contribution is 2.16. The van der Waals surface area contributed by atoms with Gasteiger partial charge in [0.15, 0.2) is 5.96 Å². The van der Waals surface area contributed by atoms with E-state index in [4.69, 9.17) is 4.52 Å².